The maximum absolute atomic E-state index is 13.8. The first-order valence-electron chi connectivity index (χ1n) is 19.1. The number of likely N-dealkylation sites (tertiary alicyclic amines) is 1. The molecule has 0 spiro atoms. The number of piperidine rings is 1. The third-order valence-corrected chi connectivity index (χ3v) is 11.0. The second-order valence-corrected chi connectivity index (χ2v) is 14.7. The molecule has 2 atom stereocenters. The Morgan fingerprint density at radius 1 is 0.849 bits per heavy atom. The molecule has 3 N–H and O–H groups in total. The largest absolute Gasteiger partial charge is 0.480 e. The number of benzene rings is 3. The molecule has 10 heteroatoms. The molecule has 10 nitrogen and oxygen atoms in total. The molecular formula is C43H50N6O4. The van der Waals surface area contributed by atoms with Gasteiger partial charge in [-0.15, -0.1) is 0 Å². The van der Waals surface area contributed by atoms with Crippen LogP contribution < -0.4 is 15.5 Å². The zero-order chi connectivity index (χ0) is 36.7. The van der Waals surface area contributed by atoms with Crippen molar-refractivity contribution >= 4 is 29.2 Å². The summed E-state index contributed by atoms with van der Waals surface area (Å²) in [6.45, 7) is 4.81. The number of aromatic nitrogens is 1. The van der Waals surface area contributed by atoms with Crippen molar-refractivity contribution in [3.63, 3.8) is 0 Å². The first-order valence-corrected chi connectivity index (χ1v) is 19.1. The van der Waals surface area contributed by atoms with E-state index in [1.807, 2.05) is 54.4 Å². The normalized spacial score (nSPS) is 18.8. The summed E-state index contributed by atoms with van der Waals surface area (Å²) < 4.78 is 0. The van der Waals surface area contributed by atoms with E-state index in [9.17, 15) is 19.5 Å². The number of nitrogens with one attached hydrogen (secondary N) is 2. The fraction of sp³-hybridized carbons (Fsp3) is 0.395. The number of rotatable bonds is 12. The number of carbonyl (C=O) groups excluding carboxylic acids is 2. The molecule has 3 heterocycles. The molecule has 1 aliphatic carbocycles. The van der Waals surface area contributed by atoms with Crippen LogP contribution in [0, 0.1) is 0 Å². The van der Waals surface area contributed by atoms with Crippen LogP contribution in [0.15, 0.2) is 85.1 Å². The van der Waals surface area contributed by atoms with E-state index in [1.54, 1.807) is 12.3 Å². The number of anilines is 2. The van der Waals surface area contributed by atoms with Crippen molar-refractivity contribution in [2.45, 2.75) is 70.0 Å². The Morgan fingerprint density at radius 3 is 2.53 bits per heavy atom. The topological polar surface area (TPSA) is 118 Å². The smallest absolute Gasteiger partial charge is 0.320 e. The molecule has 2 fully saturated rings. The average molecular weight is 715 g/mol. The molecule has 2 aliphatic heterocycles. The van der Waals surface area contributed by atoms with Gasteiger partial charge >= 0.3 is 5.97 Å². The van der Waals surface area contributed by atoms with E-state index in [0.29, 0.717) is 42.0 Å². The highest BCUT2D eigenvalue weighted by molar-refractivity contribution is 6.06. The van der Waals surface area contributed by atoms with Crippen LogP contribution in [0.2, 0.25) is 0 Å². The first kappa shape index (κ1) is 36.3. The average Bonchev–Trinajstić information content (AvgIpc) is 3.67. The highest BCUT2D eigenvalue weighted by Crippen LogP contribution is 2.34. The Morgan fingerprint density at radius 2 is 1.68 bits per heavy atom. The van der Waals surface area contributed by atoms with Crippen molar-refractivity contribution in [2.24, 2.45) is 0 Å². The molecule has 3 aliphatic rings. The minimum atomic E-state index is -0.747. The lowest BCUT2D eigenvalue weighted by molar-refractivity contribution is -0.142. The Hall–Kier alpha value is -5.06. The van der Waals surface area contributed by atoms with Gasteiger partial charge in [-0.2, -0.15) is 0 Å². The van der Waals surface area contributed by atoms with E-state index in [1.165, 1.54) is 17.5 Å². The molecule has 0 bridgehead atoms. The number of amides is 2. The standard InChI is InChI=1S/C43H50N6O4/c1-47(24-25-49-23-9-16-40(49)43(52)53)29-30-10-7-13-32(26-30)41(50)46-38-18-17-34(48-21-5-2-6-22-48)28-36(38)39-27-33(19-20-44-39)42(51)45-37-15-8-12-31-11-3-4-14-35(31)37/h3-4,7,10-11,13-14,17-20,26-28,37,40H,2,5-6,8-9,12,15-16,21-25,29H2,1H3,(H,45,51)(H,46,50)(H,52,53)/t37?,40-/m0/s1. The number of carboxylic acid groups (broad SMARTS) is 1. The second kappa shape index (κ2) is 16.7. The molecular weight excluding hydrogens is 665 g/mol. The zero-order valence-electron chi connectivity index (χ0n) is 30.6. The number of carbonyl (C=O) groups is 3. The monoisotopic (exact) mass is 714 g/mol. The van der Waals surface area contributed by atoms with Crippen LogP contribution in [0.4, 0.5) is 11.4 Å². The maximum atomic E-state index is 13.8. The minimum absolute atomic E-state index is 0.0359. The van der Waals surface area contributed by atoms with Gasteiger partial charge in [-0.05, 0) is 124 Å². The predicted octanol–water partition coefficient (Wildman–Crippen LogP) is 6.78. The second-order valence-electron chi connectivity index (χ2n) is 14.7. The van der Waals surface area contributed by atoms with E-state index in [-0.39, 0.29) is 17.9 Å². The lowest BCUT2D eigenvalue weighted by Crippen LogP contribution is -2.40. The summed E-state index contributed by atoms with van der Waals surface area (Å²) in [5.74, 6) is -1.12. The summed E-state index contributed by atoms with van der Waals surface area (Å²) >= 11 is 0. The molecule has 53 heavy (non-hydrogen) atoms. The van der Waals surface area contributed by atoms with Gasteiger partial charge in [0.15, 0.2) is 0 Å². The Kier molecular flexibility index (Phi) is 11.5. The molecule has 0 radical (unpaired) electrons. The van der Waals surface area contributed by atoms with Gasteiger partial charge in [-0.1, -0.05) is 36.4 Å². The number of hydrogen-bond donors (Lipinski definition) is 3. The molecule has 3 aromatic carbocycles. The predicted molar refractivity (Wildman–Crippen MR) is 208 cm³/mol. The Balaban J connectivity index is 1.08. The lowest BCUT2D eigenvalue weighted by atomic mass is 9.87. The maximum Gasteiger partial charge on any atom is 0.320 e. The van der Waals surface area contributed by atoms with Gasteiger partial charge in [0.25, 0.3) is 11.8 Å². The molecule has 2 amide bonds. The molecule has 0 saturated carbocycles. The molecule has 1 aromatic heterocycles. The van der Waals surface area contributed by atoms with Gasteiger partial charge in [0.2, 0.25) is 0 Å². The number of fused-ring (bicyclic) bond motifs is 1. The van der Waals surface area contributed by atoms with E-state index >= 15 is 0 Å². The summed E-state index contributed by atoms with van der Waals surface area (Å²) in [5.41, 5.74) is 7.63. The van der Waals surface area contributed by atoms with Crippen molar-refractivity contribution in [3.8, 4) is 11.3 Å². The van der Waals surface area contributed by atoms with E-state index in [4.69, 9.17) is 4.98 Å². The van der Waals surface area contributed by atoms with Crippen molar-refractivity contribution in [1.29, 1.82) is 0 Å². The highest BCUT2D eigenvalue weighted by Gasteiger charge is 2.30. The number of nitrogens with zero attached hydrogens (tertiary/aromatic N) is 4. The Bertz CT molecular complexity index is 1940. The Labute approximate surface area is 312 Å². The third-order valence-electron chi connectivity index (χ3n) is 11.0. The van der Waals surface area contributed by atoms with E-state index in [0.717, 1.165) is 81.5 Å². The van der Waals surface area contributed by atoms with Gasteiger partial charge in [-0.25, -0.2) is 0 Å². The summed E-state index contributed by atoms with van der Waals surface area (Å²) in [6.07, 6.45) is 9.74. The SMILES string of the molecule is CN(CCN1CCC[C@H]1C(=O)O)Cc1cccc(C(=O)Nc2ccc(N3CCCCC3)cc2-c2cc(C(=O)NC3CCCc4ccccc43)ccn2)c1. The number of likely N-dealkylation sites (N-methyl/N-ethyl adjacent to an activating group) is 1. The molecule has 7 rings (SSSR count). The van der Waals surface area contributed by atoms with Crippen LogP contribution in [0.3, 0.4) is 0 Å². The third kappa shape index (κ3) is 8.77. The molecule has 1 unspecified atom stereocenters. The number of pyridine rings is 1. The van der Waals surface area contributed by atoms with E-state index in [2.05, 4.69) is 50.8 Å². The van der Waals surface area contributed by atoms with Crippen LogP contribution in [-0.4, -0.2) is 83.5 Å². The lowest BCUT2D eigenvalue weighted by Gasteiger charge is -2.29. The number of carboxylic acids is 1. The quantitative estimate of drug-likeness (QED) is 0.147. The summed E-state index contributed by atoms with van der Waals surface area (Å²) in [7, 11) is 2.02. The summed E-state index contributed by atoms with van der Waals surface area (Å²) in [5, 5.41) is 16.0. The summed E-state index contributed by atoms with van der Waals surface area (Å²) in [6, 6.07) is 25.2. The first-order chi connectivity index (χ1) is 25.8. The number of aliphatic carboxylic acids is 1. The van der Waals surface area contributed by atoms with Gasteiger partial charge in [0.05, 0.1) is 17.4 Å². The van der Waals surface area contributed by atoms with Crippen LogP contribution >= 0.6 is 0 Å². The molecule has 276 valence electrons. The molecule has 2 saturated heterocycles. The van der Waals surface area contributed by atoms with E-state index < -0.39 is 12.0 Å². The van der Waals surface area contributed by atoms with Crippen LogP contribution in [0.5, 0.6) is 0 Å². The van der Waals surface area contributed by atoms with Gasteiger partial charge in [0, 0.05) is 61.3 Å². The van der Waals surface area contributed by atoms with Crippen molar-refractivity contribution in [1.82, 2.24) is 20.1 Å². The van der Waals surface area contributed by atoms with Crippen molar-refractivity contribution < 1.29 is 19.5 Å². The minimum Gasteiger partial charge on any atom is -0.480 e. The highest BCUT2D eigenvalue weighted by atomic mass is 16.4. The van der Waals surface area contributed by atoms with Crippen molar-refractivity contribution in [3.05, 3.63) is 113 Å². The zero-order valence-corrected chi connectivity index (χ0v) is 30.6. The fourth-order valence-electron chi connectivity index (χ4n) is 8.14. The number of aryl methyl sites for hydroxylation is 1. The van der Waals surface area contributed by atoms with Gasteiger partial charge < -0.3 is 25.5 Å². The fourth-order valence-corrected chi connectivity index (χ4v) is 8.14. The summed E-state index contributed by atoms with van der Waals surface area (Å²) in [4.78, 5) is 50.4. The van der Waals surface area contributed by atoms with Crippen LogP contribution in [0.25, 0.3) is 11.3 Å². The van der Waals surface area contributed by atoms with Crippen LogP contribution in [0.1, 0.15) is 88.4 Å². The number of hydrogen-bond acceptors (Lipinski definition) is 7. The molecule has 4 aromatic rings. The van der Waals surface area contributed by atoms with Crippen molar-refractivity contribution in [2.75, 3.05) is 50.0 Å². The van der Waals surface area contributed by atoms with Gasteiger partial charge in [-0.3, -0.25) is 24.3 Å². The van der Waals surface area contributed by atoms with Crippen LogP contribution in [-0.2, 0) is 17.8 Å². The van der Waals surface area contributed by atoms with Gasteiger partial charge in [0.1, 0.15) is 6.04 Å².